The zero-order valence-electron chi connectivity index (χ0n) is 16.2. The van der Waals surface area contributed by atoms with Gasteiger partial charge >= 0.3 is 6.18 Å². The Hall–Kier alpha value is -3.66. The predicted molar refractivity (Wildman–Crippen MR) is 105 cm³/mol. The van der Waals surface area contributed by atoms with Gasteiger partial charge in [0.25, 0.3) is 10.9 Å². The van der Waals surface area contributed by atoms with Crippen molar-refractivity contribution in [3.05, 3.63) is 70.6 Å². The Morgan fingerprint density at radius 2 is 1.90 bits per heavy atom. The Labute approximate surface area is 173 Å². The molecule has 7 nitrogen and oxygen atoms in total. The summed E-state index contributed by atoms with van der Waals surface area (Å²) in [5.74, 6) is -3.01. The summed E-state index contributed by atoms with van der Waals surface area (Å²) in [5, 5.41) is 24.1. The number of rotatable bonds is 4. The first kappa shape index (κ1) is 22.0. The number of carboxylic acids is 1. The third-order valence-electron chi connectivity index (χ3n) is 4.68. The van der Waals surface area contributed by atoms with Crippen LogP contribution in [-0.4, -0.2) is 28.4 Å². The van der Waals surface area contributed by atoms with E-state index in [9.17, 15) is 23.1 Å². The van der Waals surface area contributed by atoms with Crippen LogP contribution in [0.5, 0.6) is 0 Å². The standard InChI is InChI=1S/C19H17N3O2.C2HF3O2/c1-22-8-7-13-10-21-18-17(13)15(22)9-14(19(18)24)20-11-16(23)12-5-3-2-4-6-12;3-2(4,5)1(6)7/h2-10,16,20,23H,11H2,1H3;(H,6,7). The maximum absolute atomic E-state index is 12.7. The largest absolute Gasteiger partial charge is 0.542 e. The number of aliphatic carboxylic acids is 1. The number of aromatic nitrogens is 2. The first-order valence-corrected chi connectivity index (χ1v) is 9.10. The van der Waals surface area contributed by atoms with Crippen molar-refractivity contribution in [3.8, 4) is 0 Å². The number of nitrogens with one attached hydrogen (secondary N) is 2. The average molecular weight is 433 g/mol. The van der Waals surface area contributed by atoms with Gasteiger partial charge in [0.1, 0.15) is 5.97 Å². The van der Waals surface area contributed by atoms with Crippen molar-refractivity contribution in [3.63, 3.8) is 0 Å². The lowest BCUT2D eigenvalue weighted by atomic mass is 10.1. The maximum atomic E-state index is 12.7. The molecule has 0 saturated heterocycles. The lowest BCUT2D eigenvalue weighted by Crippen LogP contribution is -2.37. The number of aryl methyl sites for hydroxylation is 1. The quantitative estimate of drug-likeness (QED) is 0.506. The number of aromatic amines is 1. The van der Waals surface area contributed by atoms with Crippen molar-refractivity contribution in [2.24, 2.45) is 7.05 Å². The summed E-state index contributed by atoms with van der Waals surface area (Å²) in [5.41, 5.74) is 2.80. The molecule has 1 unspecified atom stereocenters. The molecule has 3 N–H and O–H groups in total. The van der Waals surface area contributed by atoms with Gasteiger partial charge in [-0.3, -0.25) is 4.79 Å². The van der Waals surface area contributed by atoms with Crippen LogP contribution in [-0.2, 0) is 11.8 Å². The summed E-state index contributed by atoms with van der Waals surface area (Å²) >= 11 is 0. The van der Waals surface area contributed by atoms with Crippen LogP contribution in [0.2, 0.25) is 0 Å². The number of hydrogen-bond acceptors (Lipinski definition) is 5. The second-order valence-corrected chi connectivity index (χ2v) is 6.79. The topological polar surface area (TPSA) is 109 Å². The molecule has 2 aromatic carbocycles. The number of anilines is 1. The van der Waals surface area contributed by atoms with Crippen molar-refractivity contribution < 1.29 is 33.2 Å². The number of aliphatic hydroxyl groups excluding tert-OH is 1. The number of carbonyl (C=O) groups is 1. The van der Waals surface area contributed by atoms with Gasteiger partial charge in [-0.1, -0.05) is 30.3 Å². The average Bonchev–Trinajstić information content (AvgIpc) is 3.17. The molecule has 2 aromatic heterocycles. The number of carboxylic acid groups (broad SMARTS) is 1. The number of pyridine rings is 1. The van der Waals surface area contributed by atoms with E-state index in [1.807, 2.05) is 66.5 Å². The Bertz CT molecular complexity index is 1260. The Balaban J connectivity index is 0.000000339. The number of alkyl halides is 3. The minimum atomic E-state index is -5.19. The van der Waals surface area contributed by atoms with Gasteiger partial charge in [0.2, 0.25) is 0 Å². The van der Waals surface area contributed by atoms with Crippen LogP contribution in [0.3, 0.4) is 0 Å². The van der Waals surface area contributed by atoms with Crippen molar-refractivity contribution in [1.82, 2.24) is 4.57 Å². The van der Waals surface area contributed by atoms with E-state index < -0.39 is 18.2 Å². The van der Waals surface area contributed by atoms with E-state index in [2.05, 4.69) is 10.3 Å². The van der Waals surface area contributed by atoms with Crippen molar-refractivity contribution >= 4 is 33.5 Å². The lowest BCUT2D eigenvalue weighted by Gasteiger charge is -2.13. The second kappa shape index (κ2) is 8.60. The molecule has 0 aliphatic rings. The Morgan fingerprint density at radius 1 is 1.26 bits per heavy atom. The highest BCUT2D eigenvalue weighted by Gasteiger charge is 2.28. The van der Waals surface area contributed by atoms with Crippen LogP contribution in [0.4, 0.5) is 18.9 Å². The van der Waals surface area contributed by atoms with Gasteiger partial charge in [-0.25, -0.2) is 4.98 Å². The molecular formula is C21H18F3N3O4. The van der Waals surface area contributed by atoms with Crippen LogP contribution >= 0.6 is 0 Å². The van der Waals surface area contributed by atoms with Gasteiger partial charge in [-0.05, 0) is 17.7 Å². The maximum Gasteiger partial charge on any atom is 0.430 e. The van der Waals surface area contributed by atoms with Gasteiger partial charge in [0.15, 0.2) is 6.20 Å². The first-order chi connectivity index (χ1) is 14.6. The van der Waals surface area contributed by atoms with E-state index in [0.29, 0.717) is 11.2 Å². The molecule has 0 aliphatic heterocycles. The minimum absolute atomic E-state index is 0.0797. The summed E-state index contributed by atoms with van der Waals surface area (Å²) in [6.07, 6.45) is -2.05. The molecular weight excluding hydrogens is 415 g/mol. The highest BCUT2D eigenvalue weighted by molar-refractivity contribution is 6.07. The van der Waals surface area contributed by atoms with Crippen LogP contribution in [0.15, 0.2) is 59.7 Å². The van der Waals surface area contributed by atoms with E-state index in [1.54, 1.807) is 0 Å². The molecule has 0 spiro atoms. The molecule has 0 saturated carbocycles. The second-order valence-electron chi connectivity index (χ2n) is 6.79. The monoisotopic (exact) mass is 433 g/mol. The fourth-order valence-corrected chi connectivity index (χ4v) is 3.12. The SMILES string of the molecule is Cn1ccc2c[nH+]c3c(=O)c(NCC(O)c4ccccc4)cc1c23.O=C([O-])C(F)(F)F. The molecule has 1 atom stereocenters. The van der Waals surface area contributed by atoms with Gasteiger partial charge < -0.3 is 24.9 Å². The summed E-state index contributed by atoms with van der Waals surface area (Å²) in [6, 6.07) is 13.2. The third-order valence-corrected chi connectivity index (χ3v) is 4.68. The number of benzene rings is 2. The molecule has 4 rings (SSSR count). The van der Waals surface area contributed by atoms with Crippen molar-refractivity contribution in [2.75, 3.05) is 11.9 Å². The van der Waals surface area contributed by atoms with E-state index in [4.69, 9.17) is 9.90 Å². The number of halogens is 3. The smallest absolute Gasteiger partial charge is 0.430 e. The molecule has 0 aliphatic carbocycles. The fraction of sp³-hybridized carbons (Fsp3) is 0.190. The predicted octanol–water partition coefficient (Wildman–Crippen LogP) is 1.39. The molecule has 162 valence electrons. The summed E-state index contributed by atoms with van der Waals surface area (Å²) in [4.78, 5) is 24.5. The molecule has 31 heavy (non-hydrogen) atoms. The Morgan fingerprint density at radius 3 is 2.52 bits per heavy atom. The number of H-pyrrole nitrogens is 1. The zero-order chi connectivity index (χ0) is 22.8. The van der Waals surface area contributed by atoms with E-state index >= 15 is 0 Å². The number of nitrogens with zero attached hydrogens (tertiary/aromatic N) is 1. The van der Waals surface area contributed by atoms with Crippen LogP contribution in [0, 0.1) is 0 Å². The summed E-state index contributed by atoms with van der Waals surface area (Å²) in [6.45, 7) is 0.275. The van der Waals surface area contributed by atoms with E-state index in [-0.39, 0.29) is 12.0 Å². The lowest BCUT2D eigenvalue weighted by molar-refractivity contribution is -0.344. The Kier molecular flexibility index (Phi) is 6.11. The molecule has 0 fully saturated rings. The molecule has 10 heteroatoms. The molecule has 0 radical (unpaired) electrons. The van der Waals surface area contributed by atoms with Crippen molar-refractivity contribution in [1.29, 1.82) is 0 Å². The fourth-order valence-electron chi connectivity index (χ4n) is 3.12. The van der Waals surface area contributed by atoms with Crippen LogP contribution in [0.1, 0.15) is 11.7 Å². The summed E-state index contributed by atoms with van der Waals surface area (Å²) in [7, 11) is 1.95. The molecule has 2 heterocycles. The van der Waals surface area contributed by atoms with Gasteiger partial charge in [0.05, 0.1) is 28.1 Å². The van der Waals surface area contributed by atoms with Crippen LogP contribution < -0.4 is 20.8 Å². The molecule has 0 bridgehead atoms. The highest BCUT2D eigenvalue weighted by atomic mass is 19.4. The van der Waals surface area contributed by atoms with Crippen LogP contribution in [0.25, 0.3) is 21.8 Å². The van der Waals surface area contributed by atoms with Gasteiger partial charge in [-0.2, -0.15) is 13.2 Å². The zero-order valence-corrected chi connectivity index (χ0v) is 16.2. The third kappa shape index (κ3) is 4.75. The van der Waals surface area contributed by atoms with Crippen molar-refractivity contribution in [2.45, 2.75) is 12.3 Å². The number of aliphatic hydroxyl groups is 1. The summed E-state index contributed by atoms with van der Waals surface area (Å²) < 4.78 is 33.5. The highest BCUT2D eigenvalue weighted by Crippen LogP contribution is 2.24. The van der Waals surface area contributed by atoms with Gasteiger partial charge in [0, 0.05) is 19.8 Å². The molecule has 0 amide bonds. The number of carbonyl (C=O) groups excluding carboxylic acids is 1. The minimum Gasteiger partial charge on any atom is -0.542 e. The first-order valence-electron chi connectivity index (χ1n) is 9.10. The molecule has 4 aromatic rings. The van der Waals surface area contributed by atoms with E-state index in [1.165, 1.54) is 0 Å². The number of hydrogen-bond donors (Lipinski definition) is 2. The normalized spacial score (nSPS) is 12.4. The van der Waals surface area contributed by atoms with E-state index in [0.717, 1.165) is 21.9 Å². The van der Waals surface area contributed by atoms with Gasteiger partial charge in [-0.15, -0.1) is 0 Å².